The van der Waals surface area contributed by atoms with E-state index in [-0.39, 0.29) is 5.82 Å². The molecule has 0 bridgehead atoms. The predicted octanol–water partition coefficient (Wildman–Crippen LogP) is 2.59. The van der Waals surface area contributed by atoms with Crippen molar-refractivity contribution in [2.24, 2.45) is 0 Å². The molecule has 0 aliphatic heterocycles. The lowest BCUT2D eigenvalue weighted by Crippen LogP contribution is -2.30. The molecule has 0 fully saturated rings. The van der Waals surface area contributed by atoms with Gasteiger partial charge >= 0.3 is 6.03 Å². The lowest BCUT2D eigenvalue weighted by atomic mass is 10.1. The Kier molecular flexibility index (Phi) is 5.09. The van der Waals surface area contributed by atoms with Gasteiger partial charge in [0, 0.05) is 12.7 Å². The summed E-state index contributed by atoms with van der Waals surface area (Å²) < 4.78 is 18.4. The van der Waals surface area contributed by atoms with E-state index < -0.39 is 6.03 Å². The minimum absolute atomic E-state index is 0.270. The van der Waals surface area contributed by atoms with Gasteiger partial charge in [0.1, 0.15) is 11.5 Å². The van der Waals surface area contributed by atoms with E-state index in [4.69, 9.17) is 4.74 Å². The van der Waals surface area contributed by atoms with Crippen molar-refractivity contribution < 1.29 is 13.9 Å². The normalized spacial score (nSPS) is 10.0. The van der Waals surface area contributed by atoms with E-state index in [0.717, 1.165) is 0 Å². The number of methoxy groups -OCH3 is 1. The Balaban J connectivity index is 1.84. The van der Waals surface area contributed by atoms with Crippen LogP contribution < -0.4 is 15.4 Å². The summed E-state index contributed by atoms with van der Waals surface area (Å²) >= 11 is 0. The van der Waals surface area contributed by atoms with E-state index in [1.54, 1.807) is 36.5 Å². The lowest BCUT2D eigenvalue weighted by molar-refractivity contribution is 0.252. The number of ether oxygens (including phenoxy) is 1. The first-order valence-corrected chi connectivity index (χ1v) is 6.48. The van der Waals surface area contributed by atoms with Gasteiger partial charge in [0.2, 0.25) is 5.88 Å². The smallest absolute Gasteiger partial charge is 0.319 e. The highest BCUT2D eigenvalue weighted by Gasteiger charge is 2.07. The van der Waals surface area contributed by atoms with Crippen LogP contribution in [0.5, 0.6) is 5.88 Å². The highest BCUT2D eigenvalue weighted by molar-refractivity contribution is 5.90. The molecule has 0 aliphatic rings. The van der Waals surface area contributed by atoms with Gasteiger partial charge in [-0.15, -0.1) is 0 Å². The number of carbonyl (C=O) groups excluding carboxylic acids is 1. The van der Waals surface area contributed by atoms with Crippen molar-refractivity contribution in [3.8, 4) is 5.88 Å². The van der Waals surface area contributed by atoms with Crippen LogP contribution in [-0.4, -0.2) is 24.7 Å². The summed E-state index contributed by atoms with van der Waals surface area (Å²) in [4.78, 5) is 15.7. The van der Waals surface area contributed by atoms with Crippen LogP contribution in [0.15, 0.2) is 42.6 Å². The Morgan fingerprint density at radius 2 is 2.10 bits per heavy atom. The Morgan fingerprint density at radius 3 is 2.86 bits per heavy atom. The number of nitrogens with zero attached hydrogens (tertiary/aromatic N) is 1. The fourth-order valence-electron chi connectivity index (χ4n) is 1.83. The molecular weight excluding hydrogens is 273 g/mol. The second-order valence-corrected chi connectivity index (χ2v) is 4.28. The lowest BCUT2D eigenvalue weighted by Gasteiger charge is -2.10. The molecule has 5 nitrogen and oxygen atoms in total. The molecule has 2 N–H and O–H groups in total. The van der Waals surface area contributed by atoms with Gasteiger partial charge in [0.25, 0.3) is 0 Å². The molecule has 0 unspecified atom stereocenters. The average molecular weight is 289 g/mol. The topological polar surface area (TPSA) is 63.2 Å². The number of carbonyl (C=O) groups is 1. The minimum atomic E-state index is -0.391. The second kappa shape index (κ2) is 7.23. The number of benzene rings is 1. The van der Waals surface area contributed by atoms with Gasteiger partial charge in [0.15, 0.2) is 0 Å². The zero-order valence-corrected chi connectivity index (χ0v) is 11.6. The summed E-state index contributed by atoms with van der Waals surface area (Å²) in [6, 6.07) is 9.47. The van der Waals surface area contributed by atoms with Gasteiger partial charge in [-0.2, -0.15) is 0 Å². The first-order valence-electron chi connectivity index (χ1n) is 6.48. The first kappa shape index (κ1) is 14.8. The van der Waals surface area contributed by atoms with E-state index >= 15 is 0 Å². The third kappa shape index (κ3) is 4.17. The van der Waals surface area contributed by atoms with Crippen LogP contribution in [0, 0.1) is 5.82 Å². The molecule has 0 aliphatic carbocycles. The number of urea groups is 1. The second-order valence-electron chi connectivity index (χ2n) is 4.28. The molecule has 1 aromatic heterocycles. The Bertz CT molecular complexity index is 619. The van der Waals surface area contributed by atoms with Gasteiger partial charge in [-0.05, 0) is 30.2 Å². The zero-order valence-electron chi connectivity index (χ0n) is 11.6. The molecule has 2 rings (SSSR count). The number of anilines is 1. The van der Waals surface area contributed by atoms with Crippen molar-refractivity contribution in [2.75, 3.05) is 19.0 Å². The van der Waals surface area contributed by atoms with Crippen LogP contribution in [0.3, 0.4) is 0 Å². The number of hydrogen-bond acceptors (Lipinski definition) is 3. The van der Waals surface area contributed by atoms with Crippen LogP contribution in [0.1, 0.15) is 5.56 Å². The highest BCUT2D eigenvalue weighted by atomic mass is 19.1. The third-order valence-electron chi connectivity index (χ3n) is 2.85. The number of rotatable bonds is 5. The molecule has 110 valence electrons. The van der Waals surface area contributed by atoms with Crippen molar-refractivity contribution in [1.82, 2.24) is 10.3 Å². The summed E-state index contributed by atoms with van der Waals surface area (Å²) in [6.45, 7) is 0.329. The Hall–Kier alpha value is -2.63. The summed E-state index contributed by atoms with van der Waals surface area (Å²) in [5.41, 5.74) is 1.04. The minimum Gasteiger partial charge on any atom is -0.480 e. The molecule has 0 saturated heterocycles. The van der Waals surface area contributed by atoms with Crippen molar-refractivity contribution in [2.45, 2.75) is 6.42 Å². The maximum Gasteiger partial charge on any atom is 0.319 e. The van der Waals surface area contributed by atoms with Crippen molar-refractivity contribution in [3.05, 3.63) is 54.0 Å². The molecule has 0 spiro atoms. The number of pyridine rings is 1. The summed E-state index contributed by atoms with van der Waals surface area (Å²) in [5.74, 6) is 0.0652. The molecule has 0 radical (unpaired) electrons. The molecular formula is C15H16FN3O2. The zero-order chi connectivity index (χ0) is 15.1. The largest absolute Gasteiger partial charge is 0.480 e. The van der Waals surface area contributed by atoms with E-state index in [0.29, 0.717) is 30.1 Å². The number of amides is 2. The molecule has 0 atom stereocenters. The van der Waals surface area contributed by atoms with Gasteiger partial charge in [-0.25, -0.2) is 14.2 Å². The van der Waals surface area contributed by atoms with Crippen LogP contribution in [0.25, 0.3) is 0 Å². The maximum absolute atomic E-state index is 13.4. The SMILES string of the molecule is COc1ncccc1NC(=O)NCCc1ccccc1F. The third-order valence-corrected chi connectivity index (χ3v) is 2.85. The highest BCUT2D eigenvalue weighted by Crippen LogP contribution is 2.19. The van der Waals surface area contributed by atoms with Crippen LogP contribution in [-0.2, 0) is 6.42 Å². The van der Waals surface area contributed by atoms with Crippen molar-refractivity contribution in [3.63, 3.8) is 0 Å². The summed E-state index contributed by atoms with van der Waals surface area (Å²) in [6.07, 6.45) is 1.99. The van der Waals surface area contributed by atoms with Crippen LogP contribution >= 0.6 is 0 Å². The van der Waals surface area contributed by atoms with Gasteiger partial charge in [-0.3, -0.25) is 0 Å². The molecule has 6 heteroatoms. The van der Waals surface area contributed by atoms with E-state index in [2.05, 4.69) is 15.6 Å². The quantitative estimate of drug-likeness (QED) is 0.889. The molecule has 2 amide bonds. The van der Waals surface area contributed by atoms with Gasteiger partial charge < -0.3 is 15.4 Å². The van der Waals surface area contributed by atoms with E-state index in [1.165, 1.54) is 13.2 Å². The standard InChI is InChI=1S/C15H16FN3O2/c1-21-14-13(7-4-9-17-14)19-15(20)18-10-8-11-5-2-3-6-12(11)16/h2-7,9H,8,10H2,1H3,(H2,18,19,20). The number of nitrogens with one attached hydrogen (secondary N) is 2. The number of halogens is 1. The maximum atomic E-state index is 13.4. The molecule has 1 aromatic carbocycles. The average Bonchev–Trinajstić information content (AvgIpc) is 2.50. The Labute approximate surface area is 122 Å². The first-order chi connectivity index (χ1) is 10.2. The fourth-order valence-corrected chi connectivity index (χ4v) is 1.83. The predicted molar refractivity (Wildman–Crippen MR) is 77.9 cm³/mol. The van der Waals surface area contributed by atoms with Crippen molar-refractivity contribution >= 4 is 11.7 Å². The fraction of sp³-hybridized carbons (Fsp3) is 0.200. The molecule has 0 saturated carbocycles. The summed E-state index contributed by atoms with van der Waals surface area (Å²) in [7, 11) is 1.48. The van der Waals surface area contributed by atoms with Gasteiger partial charge in [0.05, 0.1) is 7.11 Å². The van der Waals surface area contributed by atoms with Crippen LogP contribution in [0.4, 0.5) is 14.9 Å². The number of hydrogen-bond donors (Lipinski definition) is 2. The Morgan fingerprint density at radius 1 is 1.29 bits per heavy atom. The molecule has 2 aromatic rings. The number of aromatic nitrogens is 1. The van der Waals surface area contributed by atoms with Gasteiger partial charge in [-0.1, -0.05) is 18.2 Å². The molecule has 21 heavy (non-hydrogen) atoms. The van der Waals surface area contributed by atoms with E-state index in [1.807, 2.05) is 0 Å². The monoisotopic (exact) mass is 289 g/mol. The molecule has 1 heterocycles. The van der Waals surface area contributed by atoms with E-state index in [9.17, 15) is 9.18 Å². The van der Waals surface area contributed by atoms with Crippen molar-refractivity contribution in [1.29, 1.82) is 0 Å². The van der Waals surface area contributed by atoms with Crippen LogP contribution in [0.2, 0.25) is 0 Å². The summed E-state index contributed by atoms with van der Waals surface area (Å²) in [5, 5.41) is 5.29.